The van der Waals surface area contributed by atoms with Crippen LogP contribution in [0.2, 0.25) is 0 Å². The van der Waals surface area contributed by atoms with E-state index in [0.717, 1.165) is 17.4 Å². The van der Waals surface area contributed by atoms with Crippen molar-refractivity contribution < 1.29 is 63.8 Å². The minimum atomic E-state index is 0. The van der Waals surface area contributed by atoms with Gasteiger partial charge in [-0.2, -0.15) is 0 Å². The van der Waals surface area contributed by atoms with Crippen LogP contribution in [0, 0.1) is 0 Å². The van der Waals surface area contributed by atoms with E-state index in [9.17, 15) is 0 Å². The Labute approximate surface area is 63.3 Å². The van der Waals surface area contributed by atoms with Gasteiger partial charge in [-0.05, 0) is 0 Å². The average Bonchev–Trinajstić information content (AvgIpc) is 1.00. The van der Waals surface area contributed by atoms with Crippen LogP contribution in [0.4, 0.5) is 0 Å². The summed E-state index contributed by atoms with van der Waals surface area (Å²) in [6, 6.07) is 0. The van der Waals surface area contributed by atoms with E-state index >= 15 is 0 Å². The first-order valence-corrected chi connectivity index (χ1v) is 0.753. The second-order valence-electron chi connectivity index (χ2n) is 0. The first-order chi connectivity index (χ1) is 1.00. The molecule has 0 N–H and O–H groups in total. The SMILES string of the molecule is [O]=[V].[Ti].[W]. The number of hydrogen-bond acceptors (Lipinski definition) is 1. The molecule has 0 unspecified atom stereocenters. The fraction of sp³-hybridized carbons (Fsp3) is 0. The molecule has 0 radical (unpaired) electrons. The van der Waals surface area contributed by atoms with Crippen molar-refractivity contribution in [1.82, 2.24) is 0 Å². The van der Waals surface area contributed by atoms with Gasteiger partial charge in [-0.3, -0.25) is 0 Å². The van der Waals surface area contributed by atoms with Gasteiger partial charge in [-0.25, -0.2) is 0 Å². The van der Waals surface area contributed by atoms with Crippen molar-refractivity contribution in [2.24, 2.45) is 0 Å². The third kappa shape index (κ3) is 9.21. The van der Waals surface area contributed by atoms with Crippen LogP contribution in [-0.4, -0.2) is 0 Å². The van der Waals surface area contributed by atoms with Crippen LogP contribution < -0.4 is 0 Å². The van der Waals surface area contributed by atoms with Gasteiger partial charge in [-0.15, -0.1) is 0 Å². The van der Waals surface area contributed by atoms with E-state index < -0.39 is 0 Å². The molecular formula is OTiVW. The Kier molecular flexibility index (Phi) is 91.8. The number of rotatable bonds is 0. The fourth-order valence-electron chi connectivity index (χ4n) is 0. The van der Waals surface area contributed by atoms with Crippen molar-refractivity contribution in [3.63, 3.8) is 0 Å². The van der Waals surface area contributed by atoms with Gasteiger partial charge in [0.25, 0.3) is 0 Å². The Bertz CT molecular complexity index is 8.00. The molecule has 0 saturated carbocycles. The number of hydrogen-bond donors (Lipinski definition) is 0. The van der Waals surface area contributed by atoms with E-state index in [0.29, 0.717) is 0 Å². The summed E-state index contributed by atoms with van der Waals surface area (Å²) in [5.41, 5.74) is 0. The summed E-state index contributed by atoms with van der Waals surface area (Å²) in [5, 5.41) is 0. The van der Waals surface area contributed by atoms with Crippen molar-refractivity contribution >= 4 is 0 Å². The molecule has 0 rings (SSSR count). The minimum absolute atomic E-state index is 0. The van der Waals surface area contributed by atoms with Crippen LogP contribution in [0.15, 0.2) is 0 Å². The standard InChI is InChI=1S/O.Ti.V.W. The molecule has 4 heavy (non-hydrogen) atoms. The topological polar surface area (TPSA) is 17.1 Å². The summed E-state index contributed by atoms with van der Waals surface area (Å²) in [6.07, 6.45) is 0. The van der Waals surface area contributed by atoms with Crippen LogP contribution in [0.25, 0.3) is 0 Å². The average molecular weight is 299 g/mol. The maximum Gasteiger partial charge on any atom is 0 e. The van der Waals surface area contributed by atoms with E-state index in [1.165, 1.54) is 0 Å². The van der Waals surface area contributed by atoms with Crippen molar-refractivity contribution in [2.75, 3.05) is 0 Å². The van der Waals surface area contributed by atoms with Gasteiger partial charge in [0.15, 0.2) is 0 Å². The van der Waals surface area contributed by atoms with Gasteiger partial charge in [0.2, 0.25) is 0 Å². The summed E-state index contributed by atoms with van der Waals surface area (Å²) < 4.78 is 8.19. The summed E-state index contributed by atoms with van der Waals surface area (Å²) >= 11 is 1.06. The van der Waals surface area contributed by atoms with Gasteiger partial charge >= 0.3 is 21.0 Å². The molecule has 0 spiro atoms. The van der Waals surface area contributed by atoms with Gasteiger partial charge in [0.1, 0.15) is 0 Å². The van der Waals surface area contributed by atoms with E-state index in [1.54, 1.807) is 0 Å². The second kappa shape index (κ2) is 21.5. The fourth-order valence-corrected chi connectivity index (χ4v) is 0. The zero-order chi connectivity index (χ0) is 2.00. The van der Waals surface area contributed by atoms with Gasteiger partial charge in [-0.1, -0.05) is 0 Å². The Hall–Kier alpha value is 1.79. The molecule has 0 saturated heterocycles. The van der Waals surface area contributed by atoms with Crippen molar-refractivity contribution in [2.45, 2.75) is 0 Å². The molecule has 0 heterocycles. The molecule has 0 aromatic carbocycles. The van der Waals surface area contributed by atoms with Gasteiger partial charge in [0.05, 0.1) is 0 Å². The summed E-state index contributed by atoms with van der Waals surface area (Å²) in [6.45, 7) is 0. The molecule has 4 heteroatoms. The molecule has 0 fully saturated rings. The molecule has 0 aliphatic carbocycles. The second-order valence-corrected chi connectivity index (χ2v) is 0. The molecule has 0 aromatic rings. The summed E-state index contributed by atoms with van der Waals surface area (Å²) in [4.78, 5) is 0. The van der Waals surface area contributed by atoms with Gasteiger partial charge in [0, 0.05) is 42.8 Å². The smallest absolute Gasteiger partial charge is 0 e. The normalized spacial score (nSPS) is 0.750. The monoisotopic (exact) mass is 299 g/mol. The van der Waals surface area contributed by atoms with E-state index in [4.69, 9.17) is 3.67 Å². The molecule has 0 amide bonds. The first kappa shape index (κ1) is 17.1. The van der Waals surface area contributed by atoms with Crippen molar-refractivity contribution in [3.05, 3.63) is 0 Å². The van der Waals surface area contributed by atoms with E-state index in [2.05, 4.69) is 0 Å². The predicted octanol–water partition coefficient (Wildman–Crippen LogP) is -0.126. The molecule has 0 aliphatic rings. The molecule has 21 valence electrons. The predicted molar refractivity (Wildman–Crippen MR) is 0.686 cm³/mol. The van der Waals surface area contributed by atoms with Crippen LogP contribution in [-0.2, 0) is 63.8 Å². The van der Waals surface area contributed by atoms with E-state index in [1.807, 2.05) is 0 Å². The zero-order valence-corrected chi connectivity index (χ0v) is 7.66. The Morgan fingerprint density at radius 2 is 1.25 bits per heavy atom. The Balaban J connectivity index is -0.00000000500. The first-order valence-electron chi connectivity index (χ1n) is 0.183. The van der Waals surface area contributed by atoms with Crippen LogP contribution in [0.1, 0.15) is 0 Å². The van der Waals surface area contributed by atoms with Gasteiger partial charge < -0.3 is 0 Å². The summed E-state index contributed by atoms with van der Waals surface area (Å²) in [7, 11) is 0. The third-order valence-corrected chi connectivity index (χ3v) is 0. The molecule has 0 atom stereocenters. The quantitative estimate of drug-likeness (QED) is 0.570. The largest absolute Gasteiger partial charge is 0 e. The maximum atomic E-state index is 8.19. The van der Waals surface area contributed by atoms with Crippen molar-refractivity contribution in [3.8, 4) is 0 Å². The molecule has 0 aliphatic heterocycles. The maximum absolute atomic E-state index is 8.19. The van der Waals surface area contributed by atoms with E-state index in [-0.39, 0.29) is 42.8 Å². The third-order valence-electron chi connectivity index (χ3n) is 0. The minimum Gasteiger partial charge on any atom is 0 e. The Morgan fingerprint density at radius 3 is 1.25 bits per heavy atom. The summed E-state index contributed by atoms with van der Waals surface area (Å²) in [5.74, 6) is 0. The van der Waals surface area contributed by atoms with Crippen molar-refractivity contribution in [1.29, 1.82) is 0 Å². The van der Waals surface area contributed by atoms with Crippen LogP contribution in [0.5, 0.6) is 0 Å². The van der Waals surface area contributed by atoms with Crippen LogP contribution >= 0.6 is 0 Å². The molecule has 1 nitrogen and oxygen atoms in total. The molecular weight excluding hydrogens is 299 g/mol. The molecule has 0 bridgehead atoms. The zero-order valence-electron chi connectivity index (χ0n) is 1.76. The molecule has 0 aromatic heterocycles. The van der Waals surface area contributed by atoms with Crippen LogP contribution in [0.3, 0.4) is 0 Å². The Morgan fingerprint density at radius 1 is 1.25 bits per heavy atom.